The van der Waals surface area contributed by atoms with Gasteiger partial charge < -0.3 is 20.1 Å². The molecule has 194 valence electrons. The van der Waals surface area contributed by atoms with E-state index in [2.05, 4.69) is 111 Å². The van der Waals surface area contributed by atoms with Crippen LogP contribution in [0.5, 0.6) is 0 Å². The zero-order chi connectivity index (χ0) is 25.9. The molecule has 0 atom stereocenters. The first-order valence-electron chi connectivity index (χ1n) is 13.6. The molecule has 0 aliphatic heterocycles. The van der Waals surface area contributed by atoms with Gasteiger partial charge in [0.05, 0.1) is 0 Å². The Morgan fingerprint density at radius 2 is 1.61 bits per heavy atom. The van der Waals surface area contributed by atoms with E-state index in [9.17, 15) is 4.79 Å². The minimum atomic E-state index is -0.104. The van der Waals surface area contributed by atoms with Gasteiger partial charge in [-0.05, 0) is 61.5 Å². The molecule has 5 heteroatoms. The maximum absolute atomic E-state index is 13.3. The molecule has 0 saturated heterocycles. The molecule has 5 nitrogen and oxygen atoms in total. The lowest BCUT2D eigenvalue weighted by Gasteiger charge is -2.30. The topological polar surface area (TPSA) is 49.3 Å². The van der Waals surface area contributed by atoms with Crippen LogP contribution in [-0.2, 0) is 12.0 Å². The van der Waals surface area contributed by atoms with Crippen molar-refractivity contribution < 1.29 is 4.79 Å². The van der Waals surface area contributed by atoms with Gasteiger partial charge in [0.25, 0.3) is 0 Å². The number of hydrogen-bond donors (Lipinski definition) is 2. The SMILES string of the molecule is CC(C)c1cccc(C(C)C)c1NC(=O)NCC1(c2cn(CCN(C)C)c3ccccc23)CCCC1. The number of amides is 2. The summed E-state index contributed by atoms with van der Waals surface area (Å²) in [5.41, 5.74) is 6.00. The predicted octanol–water partition coefficient (Wildman–Crippen LogP) is 7.08. The van der Waals surface area contributed by atoms with Crippen LogP contribution in [0, 0.1) is 0 Å². The number of aromatic nitrogens is 1. The molecule has 1 aromatic heterocycles. The highest BCUT2D eigenvalue weighted by Crippen LogP contribution is 2.44. The number of anilines is 1. The van der Waals surface area contributed by atoms with Crippen LogP contribution in [-0.4, -0.2) is 42.7 Å². The maximum Gasteiger partial charge on any atom is 0.319 e. The highest BCUT2D eigenvalue weighted by Gasteiger charge is 2.38. The second-order valence-corrected chi connectivity index (χ2v) is 11.5. The number of fused-ring (bicyclic) bond motifs is 1. The second kappa shape index (κ2) is 11.1. The van der Waals surface area contributed by atoms with Gasteiger partial charge in [-0.15, -0.1) is 0 Å². The van der Waals surface area contributed by atoms with Crippen molar-refractivity contribution >= 4 is 22.6 Å². The lowest BCUT2D eigenvalue weighted by atomic mass is 9.78. The Labute approximate surface area is 217 Å². The Morgan fingerprint density at radius 3 is 2.22 bits per heavy atom. The van der Waals surface area contributed by atoms with E-state index in [0.29, 0.717) is 18.4 Å². The van der Waals surface area contributed by atoms with Gasteiger partial charge in [0.2, 0.25) is 0 Å². The fraction of sp³-hybridized carbons (Fsp3) is 0.516. The van der Waals surface area contributed by atoms with Gasteiger partial charge in [0.15, 0.2) is 0 Å². The maximum atomic E-state index is 13.3. The monoisotopic (exact) mass is 488 g/mol. The van der Waals surface area contributed by atoms with Crippen molar-refractivity contribution in [2.24, 2.45) is 0 Å². The van der Waals surface area contributed by atoms with Crippen LogP contribution in [0.1, 0.15) is 81.9 Å². The molecule has 0 unspecified atom stereocenters. The summed E-state index contributed by atoms with van der Waals surface area (Å²) in [6, 6.07) is 15.0. The molecule has 1 aliphatic carbocycles. The van der Waals surface area contributed by atoms with Crippen LogP contribution in [0.3, 0.4) is 0 Å². The first-order chi connectivity index (χ1) is 17.2. The number of rotatable bonds is 9. The average Bonchev–Trinajstić information content (AvgIpc) is 3.47. The summed E-state index contributed by atoms with van der Waals surface area (Å²) in [6.07, 6.45) is 6.98. The summed E-state index contributed by atoms with van der Waals surface area (Å²) in [7, 11) is 4.24. The number of urea groups is 1. The van der Waals surface area contributed by atoms with Crippen molar-refractivity contribution in [2.75, 3.05) is 32.5 Å². The van der Waals surface area contributed by atoms with E-state index >= 15 is 0 Å². The number of likely N-dealkylation sites (N-methyl/N-ethyl adjacent to an activating group) is 1. The van der Waals surface area contributed by atoms with E-state index < -0.39 is 0 Å². The summed E-state index contributed by atoms with van der Waals surface area (Å²) in [4.78, 5) is 15.5. The molecule has 2 aromatic carbocycles. The van der Waals surface area contributed by atoms with E-state index in [-0.39, 0.29) is 11.4 Å². The molecule has 2 amide bonds. The number of nitrogens with zero attached hydrogens (tertiary/aromatic N) is 2. The third-order valence-corrected chi connectivity index (χ3v) is 7.91. The lowest BCUT2D eigenvalue weighted by molar-refractivity contribution is 0.248. The van der Waals surface area contributed by atoms with Crippen LogP contribution in [0.15, 0.2) is 48.7 Å². The molecule has 0 bridgehead atoms. The lowest BCUT2D eigenvalue weighted by Crippen LogP contribution is -2.41. The van der Waals surface area contributed by atoms with E-state index in [0.717, 1.165) is 31.6 Å². The van der Waals surface area contributed by atoms with E-state index in [4.69, 9.17) is 0 Å². The Balaban J connectivity index is 1.59. The summed E-state index contributed by atoms with van der Waals surface area (Å²) in [6.45, 7) is 11.3. The largest absolute Gasteiger partial charge is 0.346 e. The molecule has 2 N–H and O–H groups in total. The van der Waals surface area contributed by atoms with Crippen molar-refractivity contribution in [3.63, 3.8) is 0 Å². The Kier molecular flexibility index (Phi) is 8.09. The molecule has 0 spiro atoms. The third kappa shape index (κ3) is 5.46. The second-order valence-electron chi connectivity index (χ2n) is 11.5. The molecule has 0 radical (unpaired) electrons. The number of hydrogen-bond acceptors (Lipinski definition) is 2. The van der Waals surface area contributed by atoms with Crippen molar-refractivity contribution in [3.05, 3.63) is 65.4 Å². The zero-order valence-electron chi connectivity index (χ0n) is 23.0. The van der Waals surface area contributed by atoms with Crippen molar-refractivity contribution in [2.45, 2.75) is 77.2 Å². The Morgan fingerprint density at radius 1 is 0.972 bits per heavy atom. The van der Waals surface area contributed by atoms with Crippen LogP contribution in [0.25, 0.3) is 10.9 Å². The van der Waals surface area contributed by atoms with Gasteiger partial charge in [-0.1, -0.05) is 76.9 Å². The van der Waals surface area contributed by atoms with Gasteiger partial charge >= 0.3 is 6.03 Å². The van der Waals surface area contributed by atoms with Gasteiger partial charge in [0.1, 0.15) is 0 Å². The van der Waals surface area contributed by atoms with Crippen LogP contribution in [0.2, 0.25) is 0 Å². The number of para-hydroxylation sites is 2. The smallest absolute Gasteiger partial charge is 0.319 e. The first kappa shape index (κ1) is 26.3. The molecule has 36 heavy (non-hydrogen) atoms. The zero-order valence-corrected chi connectivity index (χ0v) is 23.0. The molecule has 1 saturated carbocycles. The molecule has 1 aliphatic rings. The Hall–Kier alpha value is -2.79. The number of carbonyl (C=O) groups is 1. The van der Waals surface area contributed by atoms with Gasteiger partial charge in [0, 0.05) is 47.8 Å². The van der Waals surface area contributed by atoms with E-state index in [1.165, 1.54) is 40.4 Å². The van der Waals surface area contributed by atoms with Crippen LogP contribution < -0.4 is 10.6 Å². The molecular weight excluding hydrogens is 444 g/mol. The summed E-state index contributed by atoms with van der Waals surface area (Å²) < 4.78 is 2.40. The minimum absolute atomic E-state index is 0.0290. The molecule has 1 heterocycles. The molecular formula is C31H44N4O. The first-order valence-corrected chi connectivity index (χ1v) is 13.6. The highest BCUT2D eigenvalue weighted by molar-refractivity contribution is 5.92. The highest BCUT2D eigenvalue weighted by atomic mass is 16.2. The van der Waals surface area contributed by atoms with E-state index in [1.54, 1.807) is 0 Å². The summed E-state index contributed by atoms with van der Waals surface area (Å²) in [5, 5.41) is 7.88. The fourth-order valence-corrected chi connectivity index (χ4v) is 5.86. The van der Waals surface area contributed by atoms with Crippen LogP contribution in [0.4, 0.5) is 10.5 Å². The van der Waals surface area contributed by atoms with Crippen molar-refractivity contribution in [1.82, 2.24) is 14.8 Å². The van der Waals surface area contributed by atoms with Gasteiger partial charge in [-0.2, -0.15) is 0 Å². The van der Waals surface area contributed by atoms with Gasteiger partial charge in [-0.25, -0.2) is 4.79 Å². The number of nitrogens with one attached hydrogen (secondary N) is 2. The third-order valence-electron chi connectivity index (χ3n) is 7.91. The predicted molar refractivity (Wildman–Crippen MR) is 152 cm³/mol. The summed E-state index contributed by atoms with van der Waals surface area (Å²) in [5.74, 6) is 0.682. The Bertz CT molecular complexity index is 1160. The van der Waals surface area contributed by atoms with Gasteiger partial charge in [-0.3, -0.25) is 0 Å². The number of benzene rings is 2. The molecule has 3 aromatic rings. The minimum Gasteiger partial charge on any atom is -0.346 e. The fourth-order valence-electron chi connectivity index (χ4n) is 5.86. The molecule has 1 fully saturated rings. The molecule has 4 rings (SSSR count). The van der Waals surface area contributed by atoms with Crippen molar-refractivity contribution in [1.29, 1.82) is 0 Å². The number of carbonyl (C=O) groups excluding carboxylic acids is 1. The average molecular weight is 489 g/mol. The summed E-state index contributed by atoms with van der Waals surface area (Å²) >= 11 is 0. The normalized spacial score (nSPS) is 15.4. The quantitative estimate of drug-likeness (QED) is 0.338. The van der Waals surface area contributed by atoms with E-state index in [1.807, 2.05) is 0 Å². The standard InChI is InChI=1S/C31H44N4O/c1-22(2)24-13-11-14-25(23(3)4)29(24)33-30(36)32-21-31(16-9-10-17-31)27-20-35(19-18-34(5)6)28-15-8-7-12-26(27)28/h7-8,11-15,20,22-23H,9-10,16-19,21H2,1-6H3,(H2,32,33,36). The van der Waals surface area contributed by atoms with Crippen molar-refractivity contribution in [3.8, 4) is 0 Å². The van der Waals surface area contributed by atoms with Crippen LogP contribution >= 0.6 is 0 Å².